The van der Waals surface area contributed by atoms with E-state index in [0.717, 1.165) is 36.1 Å². The van der Waals surface area contributed by atoms with E-state index < -0.39 is 17.7 Å². The maximum absolute atomic E-state index is 13.7. The van der Waals surface area contributed by atoms with E-state index in [1.165, 1.54) is 30.6 Å². The standard InChI is InChI=1S/C28H28FN3O3S/c1-28(2)12-19-24(20(33)13-28)22(15-8-10-16(29)11-9-15)18(14-30)25(31)32(19)26-23(27(34)35-3)17-6-4-5-7-21(17)36-26/h8-11,22H,4-7,12-13,31H2,1-3H3/t22-/m0/s1. The number of ether oxygens (including phenoxy) is 1. The number of nitrogens with zero attached hydrogens (tertiary/aromatic N) is 2. The number of hydrogen-bond donors (Lipinski definition) is 1. The Bertz CT molecular complexity index is 1380. The van der Waals surface area contributed by atoms with Crippen molar-refractivity contribution in [2.24, 2.45) is 11.1 Å². The molecule has 1 aliphatic heterocycles. The number of anilines is 1. The number of benzene rings is 1. The first-order valence-corrected chi connectivity index (χ1v) is 12.9. The van der Waals surface area contributed by atoms with Crippen LogP contribution in [-0.4, -0.2) is 18.9 Å². The third-order valence-corrected chi connectivity index (χ3v) is 8.61. The van der Waals surface area contributed by atoms with Crippen molar-refractivity contribution in [3.8, 4) is 6.07 Å². The number of methoxy groups -OCH3 is 1. The molecule has 0 fully saturated rings. The molecule has 0 spiro atoms. The molecule has 1 aromatic heterocycles. The molecule has 3 aliphatic rings. The summed E-state index contributed by atoms with van der Waals surface area (Å²) in [6.07, 6.45) is 4.51. The lowest BCUT2D eigenvalue weighted by Crippen LogP contribution is -2.42. The lowest BCUT2D eigenvalue weighted by Gasteiger charge is -2.43. The first kappa shape index (κ1) is 24.3. The van der Waals surface area contributed by atoms with Crippen LogP contribution in [0.25, 0.3) is 0 Å². The van der Waals surface area contributed by atoms with Gasteiger partial charge in [-0.25, -0.2) is 9.18 Å². The van der Waals surface area contributed by atoms with Crippen molar-refractivity contribution >= 4 is 28.1 Å². The Balaban J connectivity index is 1.80. The Morgan fingerprint density at radius 1 is 1.22 bits per heavy atom. The van der Waals surface area contributed by atoms with Gasteiger partial charge >= 0.3 is 5.97 Å². The number of carbonyl (C=O) groups is 2. The monoisotopic (exact) mass is 505 g/mol. The molecule has 2 aromatic rings. The van der Waals surface area contributed by atoms with Crippen LogP contribution in [0.3, 0.4) is 0 Å². The molecule has 0 saturated heterocycles. The zero-order valence-electron chi connectivity index (χ0n) is 20.6. The molecule has 0 amide bonds. The molecule has 0 unspecified atom stereocenters. The minimum atomic E-state index is -0.693. The zero-order chi connectivity index (χ0) is 25.8. The highest BCUT2D eigenvalue weighted by atomic mass is 32.1. The van der Waals surface area contributed by atoms with E-state index in [1.54, 1.807) is 17.0 Å². The predicted molar refractivity (Wildman–Crippen MR) is 136 cm³/mol. The molecule has 1 aromatic carbocycles. The molecule has 2 aliphatic carbocycles. The molecule has 8 heteroatoms. The fourth-order valence-corrected chi connectivity index (χ4v) is 7.17. The van der Waals surface area contributed by atoms with Crippen LogP contribution in [0.4, 0.5) is 9.39 Å². The largest absolute Gasteiger partial charge is 0.465 e. The Morgan fingerprint density at radius 2 is 1.92 bits per heavy atom. The van der Waals surface area contributed by atoms with Gasteiger partial charge in [0.2, 0.25) is 0 Å². The number of Topliss-reactive ketones (excluding diaryl/α,β-unsaturated/α-hetero) is 1. The summed E-state index contributed by atoms with van der Waals surface area (Å²) in [5.74, 6) is -1.41. The minimum absolute atomic E-state index is 0.0678. The maximum Gasteiger partial charge on any atom is 0.341 e. The Morgan fingerprint density at radius 3 is 2.58 bits per heavy atom. The van der Waals surface area contributed by atoms with E-state index >= 15 is 0 Å². The number of halogens is 1. The second-order valence-corrected chi connectivity index (χ2v) is 11.5. The van der Waals surface area contributed by atoms with E-state index in [2.05, 4.69) is 6.07 Å². The topological polar surface area (TPSA) is 96.4 Å². The van der Waals surface area contributed by atoms with Crippen molar-refractivity contribution in [1.82, 2.24) is 0 Å². The normalized spacial score (nSPS) is 21.1. The van der Waals surface area contributed by atoms with Gasteiger partial charge < -0.3 is 10.5 Å². The summed E-state index contributed by atoms with van der Waals surface area (Å²) >= 11 is 1.49. The van der Waals surface area contributed by atoms with Crippen molar-refractivity contribution in [2.75, 3.05) is 12.0 Å². The Labute approximate surface area is 213 Å². The van der Waals surface area contributed by atoms with E-state index in [0.29, 0.717) is 40.2 Å². The van der Waals surface area contributed by atoms with Crippen molar-refractivity contribution in [3.63, 3.8) is 0 Å². The van der Waals surface area contributed by atoms with Crippen LogP contribution in [0.5, 0.6) is 0 Å². The SMILES string of the molecule is COC(=O)c1c(N2C(N)=C(C#N)[C@H](c3ccc(F)cc3)C3=C2CC(C)(C)CC3=O)sc2c1CCCC2. The van der Waals surface area contributed by atoms with Gasteiger partial charge in [-0.3, -0.25) is 9.69 Å². The van der Waals surface area contributed by atoms with Gasteiger partial charge in [-0.1, -0.05) is 26.0 Å². The lowest BCUT2D eigenvalue weighted by atomic mass is 9.68. The lowest BCUT2D eigenvalue weighted by molar-refractivity contribution is -0.118. The third kappa shape index (κ3) is 3.82. The first-order chi connectivity index (χ1) is 17.2. The molecule has 186 valence electrons. The summed E-state index contributed by atoms with van der Waals surface area (Å²) in [5.41, 5.74) is 9.91. The number of nitriles is 1. The van der Waals surface area contributed by atoms with Crippen molar-refractivity contribution in [2.45, 2.75) is 58.3 Å². The highest BCUT2D eigenvalue weighted by Gasteiger charge is 2.46. The number of hydrogen-bond acceptors (Lipinski definition) is 7. The number of carbonyl (C=O) groups excluding carboxylic acids is 2. The average molecular weight is 506 g/mol. The molecule has 36 heavy (non-hydrogen) atoms. The highest BCUT2D eigenvalue weighted by molar-refractivity contribution is 7.16. The molecule has 2 N–H and O–H groups in total. The number of aryl methyl sites for hydroxylation is 1. The molecule has 0 radical (unpaired) electrons. The van der Waals surface area contributed by atoms with Crippen LogP contribution in [0.2, 0.25) is 0 Å². The number of rotatable bonds is 3. The van der Waals surface area contributed by atoms with Crippen molar-refractivity contribution in [1.29, 1.82) is 5.26 Å². The van der Waals surface area contributed by atoms with Gasteiger partial charge in [0.1, 0.15) is 16.6 Å². The predicted octanol–water partition coefficient (Wildman–Crippen LogP) is 5.49. The van der Waals surface area contributed by atoms with Crippen molar-refractivity contribution < 1.29 is 18.7 Å². The van der Waals surface area contributed by atoms with Crippen LogP contribution in [0.1, 0.15) is 71.8 Å². The van der Waals surface area contributed by atoms with E-state index in [4.69, 9.17) is 10.5 Å². The molecular weight excluding hydrogens is 477 g/mol. The molecule has 0 saturated carbocycles. The second-order valence-electron chi connectivity index (χ2n) is 10.4. The summed E-state index contributed by atoms with van der Waals surface area (Å²) in [5, 5.41) is 10.9. The maximum atomic E-state index is 13.7. The number of nitrogens with two attached hydrogens (primary N) is 1. The fourth-order valence-electron chi connectivity index (χ4n) is 5.75. The van der Waals surface area contributed by atoms with Gasteiger partial charge in [0.05, 0.1) is 30.2 Å². The fraction of sp³-hybridized carbons (Fsp3) is 0.393. The third-order valence-electron chi connectivity index (χ3n) is 7.33. The van der Waals surface area contributed by atoms with Gasteiger partial charge in [0.25, 0.3) is 0 Å². The summed E-state index contributed by atoms with van der Waals surface area (Å²) in [4.78, 5) is 29.6. The quantitative estimate of drug-likeness (QED) is 0.554. The molecule has 1 atom stereocenters. The average Bonchev–Trinajstić information content (AvgIpc) is 3.21. The highest BCUT2D eigenvalue weighted by Crippen LogP contribution is 2.53. The van der Waals surface area contributed by atoms with E-state index in [1.807, 2.05) is 13.8 Å². The second kappa shape index (κ2) is 8.90. The number of thiophene rings is 1. The summed E-state index contributed by atoms with van der Waals surface area (Å²) in [6, 6.07) is 8.09. The van der Waals surface area contributed by atoms with Crippen LogP contribution in [0, 0.1) is 22.6 Å². The summed E-state index contributed by atoms with van der Waals surface area (Å²) in [6.45, 7) is 4.06. The number of fused-ring (bicyclic) bond motifs is 1. The summed E-state index contributed by atoms with van der Waals surface area (Å²) in [7, 11) is 1.36. The number of ketones is 1. The van der Waals surface area contributed by atoms with Crippen molar-refractivity contribution in [3.05, 3.63) is 74.3 Å². The number of allylic oxidation sites excluding steroid dienone is 3. The molecule has 5 rings (SSSR count). The van der Waals surface area contributed by atoms with Gasteiger partial charge in [0.15, 0.2) is 5.78 Å². The zero-order valence-corrected chi connectivity index (χ0v) is 21.4. The first-order valence-electron chi connectivity index (χ1n) is 12.1. The van der Waals surface area contributed by atoms with Gasteiger partial charge in [-0.2, -0.15) is 5.26 Å². The molecule has 6 nitrogen and oxygen atoms in total. The molecule has 0 bridgehead atoms. The van der Waals surface area contributed by atoms with Crippen LogP contribution < -0.4 is 10.6 Å². The van der Waals surface area contributed by atoms with Gasteiger partial charge in [-0.15, -0.1) is 11.3 Å². The van der Waals surface area contributed by atoms with Gasteiger partial charge in [-0.05, 0) is 60.8 Å². The van der Waals surface area contributed by atoms with Crippen LogP contribution in [-0.2, 0) is 22.4 Å². The minimum Gasteiger partial charge on any atom is -0.465 e. The summed E-state index contributed by atoms with van der Waals surface area (Å²) < 4.78 is 18.9. The Kier molecular flexibility index (Phi) is 6.00. The van der Waals surface area contributed by atoms with Crippen LogP contribution in [0.15, 0.2) is 46.9 Å². The molecule has 2 heterocycles. The molecular formula is C28H28FN3O3S. The Hall–Kier alpha value is -3.44. The van der Waals surface area contributed by atoms with Gasteiger partial charge in [0, 0.05) is 22.6 Å². The van der Waals surface area contributed by atoms with E-state index in [-0.39, 0.29) is 22.6 Å². The number of esters is 1. The van der Waals surface area contributed by atoms with E-state index in [9.17, 15) is 19.2 Å². The smallest absolute Gasteiger partial charge is 0.341 e. The van der Waals surface area contributed by atoms with Crippen LogP contribution >= 0.6 is 11.3 Å².